The maximum absolute atomic E-state index is 12.2. The van der Waals surface area contributed by atoms with E-state index in [4.69, 9.17) is 17.3 Å². The van der Waals surface area contributed by atoms with Gasteiger partial charge in [0.2, 0.25) is 0 Å². The highest BCUT2D eigenvalue weighted by molar-refractivity contribution is 6.31. The quantitative estimate of drug-likeness (QED) is 0.572. The van der Waals surface area contributed by atoms with E-state index in [1.54, 1.807) is 0 Å². The number of anilines is 2. The van der Waals surface area contributed by atoms with Gasteiger partial charge in [-0.15, -0.1) is 0 Å². The van der Waals surface area contributed by atoms with Crippen LogP contribution in [0.4, 0.5) is 11.4 Å². The molecular formula is C27H37ClN4O. The van der Waals surface area contributed by atoms with Gasteiger partial charge < -0.3 is 16.0 Å². The Balaban J connectivity index is 1.51. The number of halogens is 1. The second-order valence-electron chi connectivity index (χ2n) is 9.75. The Morgan fingerprint density at radius 2 is 1.76 bits per heavy atom. The number of amides is 1. The molecule has 4 rings (SSSR count). The Hall–Kier alpha value is -2.24. The van der Waals surface area contributed by atoms with Gasteiger partial charge in [0.25, 0.3) is 5.91 Å². The second kappa shape index (κ2) is 10.4. The number of hydrogen-bond acceptors (Lipinski definition) is 4. The van der Waals surface area contributed by atoms with Crippen molar-refractivity contribution >= 4 is 28.9 Å². The number of carbonyl (C=O) groups excluding carboxylic acids is 1. The largest absolute Gasteiger partial charge is 0.378 e. The lowest BCUT2D eigenvalue weighted by molar-refractivity contribution is 0.100. The van der Waals surface area contributed by atoms with Crippen molar-refractivity contribution in [1.82, 2.24) is 4.90 Å². The summed E-state index contributed by atoms with van der Waals surface area (Å²) >= 11 is 6.58. The molecule has 1 aliphatic heterocycles. The number of aryl methyl sites for hydroxylation is 2. The first-order valence-corrected chi connectivity index (χ1v) is 12.7. The lowest BCUT2D eigenvalue weighted by Gasteiger charge is -2.41. The minimum absolute atomic E-state index is 0.0606. The van der Waals surface area contributed by atoms with Crippen LogP contribution in [-0.2, 0) is 0 Å². The van der Waals surface area contributed by atoms with Gasteiger partial charge in [-0.2, -0.15) is 0 Å². The minimum atomic E-state index is -0.426. The highest BCUT2D eigenvalue weighted by Gasteiger charge is 2.26. The van der Waals surface area contributed by atoms with Gasteiger partial charge >= 0.3 is 0 Å². The minimum Gasteiger partial charge on any atom is -0.378 e. The van der Waals surface area contributed by atoms with Crippen molar-refractivity contribution in [3.63, 3.8) is 0 Å². The average Bonchev–Trinajstić information content (AvgIpc) is 2.79. The molecule has 1 heterocycles. The number of rotatable bonds is 6. The second-order valence-corrected chi connectivity index (χ2v) is 10.2. The van der Waals surface area contributed by atoms with Crippen molar-refractivity contribution in [1.29, 1.82) is 0 Å². The predicted octanol–water partition coefficient (Wildman–Crippen LogP) is 5.68. The average molecular weight is 469 g/mol. The first-order valence-electron chi connectivity index (χ1n) is 12.3. The fraction of sp³-hybridized carbons (Fsp3) is 0.519. The van der Waals surface area contributed by atoms with Crippen LogP contribution in [0.3, 0.4) is 0 Å². The van der Waals surface area contributed by atoms with Crippen molar-refractivity contribution in [2.24, 2.45) is 5.73 Å². The SMILES string of the molecule is Cc1cc(C)c([C@@H](C)Nc2cc(N3CCN(C4CCCCC4)CC3)ccc2C(N)=O)c(Cl)c1. The highest BCUT2D eigenvalue weighted by atomic mass is 35.5. The summed E-state index contributed by atoms with van der Waals surface area (Å²) in [6.07, 6.45) is 6.83. The van der Waals surface area contributed by atoms with Gasteiger partial charge in [-0.1, -0.05) is 36.9 Å². The molecule has 0 bridgehead atoms. The molecule has 1 atom stereocenters. The van der Waals surface area contributed by atoms with E-state index in [0.29, 0.717) is 5.56 Å². The molecule has 33 heavy (non-hydrogen) atoms. The van der Waals surface area contributed by atoms with Gasteiger partial charge in [-0.05, 0) is 74.6 Å². The summed E-state index contributed by atoms with van der Waals surface area (Å²) in [7, 11) is 0. The molecule has 0 aromatic heterocycles. The number of hydrogen-bond donors (Lipinski definition) is 2. The Labute approximate surface area is 203 Å². The van der Waals surface area contributed by atoms with E-state index in [1.807, 2.05) is 25.1 Å². The number of nitrogens with one attached hydrogen (secondary N) is 1. The normalized spacial score (nSPS) is 18.8. The lowest BCUT2D eigenvalue weighted by atomic mass is 9.94. The van der Waals surface area contributed by atoms with Crippen LogP contribution in [0.25, 0.3) is 0 Å². The van der Waals surface area contributed by atoms with Crippen LogP contribution >= 0.6 is 11.6 Å². The van der Waals surface area contributed by atoms with Crippen molar-refractivity contribution in [2.45, 2.75) is 65.0 Å². The van der Waals surface area contributed by atoms with Gasteiger partial charge in [0.15, 0.2) is 0 Å². The maximum Gasteiger partial charge on any atom is 0.250 e. The molecule has 2 aliphatic rings. The highest BCUT2D eigenvalue weighted by Crippen LogP contribution is 2.33. The van der Waals surface area contributed by atoms with E-state index in [0.717, 1.165) is 65.3 Å². The Morgan fingerprint density at radius 3 is 2.39 bits per heavy atom. The first kappa shape index (κ1) is 23.9. The van der Waals surface area contributed by atoms with Crippen molar-refractivity contribution in [2.75, 3.05) is 36.4 Å². The summed E-state index contributed by atoms with van der Waals surface area (Å²) in [5.41, 5.74) is 11.4. The van der Waals surface area contributed by atoms with Crippen LogP contribution < -0.4 is 16.0 Å². The Morgan fingerprint density at radius 1 is 1.06 bits per heavy atom. The monoisotopic (exact) mass is 468 g/mol. The van der Waals surface area contributed by atoms with E-state index in [1.165, 1.54) is 32.1 Å². The van der Waals surface area contributed by atoms with E-state index in [2.05, 4.69) is 41.1 Å². The lowest BCUT2D eigenvalue weighted by Crippen LogP contribution is -2.50. The van der Waals surface area contributed by atoms with E-state index in [9.17, 15) is 4.79 Å². The third-order valence-electron chi connectivity index (χ3n) is 7.32. The summed E-state index contributed by atoms with van der Waals surface area (Å²) in [4.78, 5) is 17.3. The summed E-state index contributed by atoms with van der Waals surface area (Å²) in [6.45, 7) is 10.4. The summed E-state index contributed by atoms with van der Waals surface area (Å²) in [5, 5.41) is 4.27. The zero-order valence-electron chi connectivity index (χ0n) is 20.2. The van der Waals surface area contributed by atoms with E-state index in [-0.39, 0.29) is 6.04 Å². The van der Waals surface area contributed by atoms with E-state index < -0.39 is 5.91 Å². The van der Waals surface area contributed by atoms with Gasteiger partial charge in [-0.3, -0.25) is 9.69 Å². The fourth-order valence-corrected chi connectivity index (χ4v) is 6.12. The van der Waals surface area contributed by atoms with Gasteiger partial charge in [0, 0.05) is 48.6 Å². The third kappa shape index (κ3) is 5.47. The van der Waals surface area contributed by atoms with Crippen LogP contribution in [0.2, 0.25) is 5.02 Å². The molecule has 1 amide bonds. The molecule has 178 valence electrons. The molecule has 1 aliphatic carbocycles. The number of piperazine rings is 1. The van der Waals surface area contributed by atoms with Crippen molar-refractivity contribution in [3.8, 4) is 0 Å². The van der Waals surface area contributed by atoms with Crippen molar-refractivity contribution in [3.05, 3.63) is 57.6 Å². The summed E-state index contributed by atoms with van der Waals surface area (Å²) in [5.74, 6) is -0.426. The zero-order chi connectivity index (χ0) is 23.5. The molecule has 1 saturated heterocycles. The third-order valence-corrected chi connectivity index (χ3v) is 7.64. The first-order chi connectivity index (χ1) is 15.8. The van der Waals surface area contributed by atoms with Gasteiger partial charge in [0.05, 0.1) is 11.6 Å². The standard InChI is InChI=1S/C27H37ClN4O/c1-18-15-19(2)26(24(28)16-18)20(3)30-25-17-22(9-10-23(25)27(29)33)32-13-11-31(12-14-32)21-7-5-4-6-8-21/h9-10,15-17,20-21,30H,4-8,11-14H2,1-3H3,(H2,29,33)/t20-/m1/s1. The summed E-state index contributed by atoms with van der Waals surface area (Å²) in [6, 6.07) is 10.8. The van der Waals surface area contributed by atoms with E-state index >= 15 is 0 Å². The van der Waals surface area contributed by atoms with Crippen LogP contribution in [0, 0.1) is 13.8 Å². The number of benzene rings is 2. The molecule has 6 heteroatoms. The molecule has 2 fully saturated rings. The van der Waals surface area contributed by atoms with Gasteiger partial charge in [0.1, 0.15) is 0 Å². The molecule has 3 N–H and O–H groups in total. The molecular weight excluding hydrogens is 432 g/mol. The van der Waals surface area contributed by atoms with Crippen LogP contribution in [-0.4, -0.2) is 43.0 Å². The molecule has 0 spiro atoms. The fourth-order valence-electron chi connectivity index (χ4n) is 5.64. The summed E-state index contributed by atoms with van der Waals surface area (Å²) < 4.78 is 0. The topological polar surface area (TPSA) is 61.6 Å². The molecule has 5 nitrogen and oxygen atoms in total. The van der Waals surface area contributed by atoms with Gasteiger partial charge in [-0.25, -0.2) is 0 Å². The smallest absolute Gasteiger partial charge is 0.250 e. The molecule has 1 saturated carbocycles. The maximum atomic E-state index is 12.2. The van der Waals surface area contributed by atoms with Crippen molar-refractivity contribution < 1.29 is 4.79 Å². The van der Waals surface area contributed by atoms with Crippen LogP contribution in [0.15, 0.2) is 30.3 Å². The molecule has 0 unspecified atom stereocenters. The van der Waals surface area contributed by atoms with Crippen LogP contribution in [0.5, 0.6) is 0 Å². The Bertz CT molecular complexity index is 971. The molecule has 0 radical (unpaired) electrons. The number of nitrogens with zero attached hydrogens (tertiary/aromatic N) is 2. The molecule has 2 aromatic rings. The Kier molecular flexibility index (Phi) is 7.50. The number of nitrogens with two attached hydrogens (primary N) is 1. The van der Waals surface area contributed by atoms with Crippen LogP contribution in [0.1, 0.15) is 72.1 Å². The number of primary amides is 1. The zero-order valence-corrected chi connectivity index (χ0v) is 20.9. The predicted molar refractivity (Wildman–Crippen MR) is 139 cm³/mol. The number of carbonyl (C=O) groups is 1. The molecule has 2 aromatic carbocycles.